The number of nitrogens with one attached hydrogen (secondary N) is 1. The molecular weight excluding hydrogens is 232 g/mol. The molecule has 0 saturated carbocycles. The molecule has 0 spiro atoms. The van der Waals surface area contributed by atoms with Crippen LogP contribution in [-0.4, -0.2) is 6.04 Å². The van der Waals surface area contributed by atoms with Crippen LogP contribution < -0.4 is 5.32 Å². The Kier molecular flexibility index (Phi) is 7.22. The molecule has 1 aromatic carbocycles. The maximum atomic E-state index is 8.97. The highest BCUT2D eigenvalue weighted by Crippen LogP contribution is 2.18. The molecule has 0 fully saturated rings. The summed E-state index contributed by atoms with van der Waals surface area (Å²) < 4.78 is 0. The molecule has 2 nitrogen and oxygen atoms in total. The van der Waals surface area contributed by atoms with Gasteiger partial charge in [0, 0.05) is 12.1 Å². The van der Waals surface area contributed by atoms with Gasteiger partial charge in [0.1, 0.15) is 0 Å². The molecule has 0 saturated heterocycles. The third-order valence-corrected chi connectivity index (χ3v) is 3.40. The Morgan fingerprint density at radius 1 is 1.11 bits per heavy atom. The minimum Gasteiger partial charge on any atom is -0.307 e. The predicted molar refractivity (Wildman–Crippen MR) is 80.7 cm³/mol. The van der Waals surface area contributed by atoms with E-state index in [4.69, 9.17) is 5.26 Å². The van der Waals surface area contributed by atoms with Crippen LogP contribution in [0.4, 0.5) is 0 Å². The lowest BCUT2D eigenvalue weighted by Crippen LogP contribution is -2.30. The summed E-state index contributed by atoms with van der Waals surface area (Å²) >= 11 is 0. The number of nitrogens with zero attached hydrogens (tertiary/aromatic N) is 1. The zero-order valence-electron chi connectivity index (χ0n) is 12.4. The Bertz CT molecular complexity index is 378. The van der Waals surface area contributed by atoms with Gasteiger partial charge in [-0.15, -0.1) is 0 Å². The van der Waals surface area contributed by atoms with Crippen molar-refractivity contribution in [3.63, 3.8) is 0 Å². The van der Waals surface area contributed by atoms with Crippen LogP contribution in [-0.2, 0) is 0 Å². The maximum Gasteiger partial charge on any atom is 0.0641 e. The van der Waals surface area contributed by atoms with Crippen molar-refractivity contribution in [1.82, 2.24) is 5.32 Å². The molecule has 19 heavy (non-hydrogen) atoms. The molecule has 0 aliphatic carbocycles. The second-order valence-corrected chi connectivity index (χ2v) is 5.72. The lowest BCUT2D eigenvalue weighted by molar-refractivity contribution is 0.412. The van der Waals surface area contributed by atoms with Gasteiger partial charge in [0.05, 0.1) is 12.5 Å². The summed E-state index contributed by atoms with van der Waals surface area (Å²) in [4.78, 5) is 0. The van der Waals surface area contributed by atoms with E-state index in [0.717, 1.165) is 5.92 Å². The average molecular weight is 258 g/mol. The van der Waals surface area contributed by atoms with Gasteiger partial charge in [-0.05, 0) is 24.8 Å². The third-order valence-electron chi connectivity index (χ3n) is 3.40. The van der Waals surface area contributed by atoms with E-state index < -0.39 is 0 Å². The van der Waals surface area contributed by atoms with Gasteiger partial charge in [-0.3, -0.25) is 0 Å². The summed E-state index contributed by atoms with van der Waals surface area (Å²) in [5, 5.41) is 12.6. The van der Waals surface area contributed by atoms with Crippen molar-refractivity contribution in [2.24, 2.45) is 5.92 Å². The molecule has 2 unspecified atom stereocenters. The highest BCUT2D eigenvalue weighted by molar-refractivity contribution is 5.20. The standard InChI is InChI=1S/C17H26N2/c1-14(2)8-7-9-15(3)19-17(12-13-18)16-10-5-4-6-11-16/h4-6,10-11,14-15,17,19H,7-9,12H2,1-3H3. The van der Waals surface area contributed by atoms with E-state index in [1.807, 2.05) is 18.2 Å². The van der Waals surface area contributed by atoms with Crippen LogP contribution in [0.1, 0.15) is 58.1 Å². The number of hydrogen-bond donors (Lipinski definition) is 1. The summed E-state index contributed by atoms with van der Waals surface area (Å²) in [6.45, 7) is 6.74. The van der Waals surface area contributed by atoms with Gasteiger partial charge in [0.15, 0.2) is 0 Å². The molecule has 1 N–H and O–H groups in total. The van der Waals surface area contributed by atoms with E-state index >= 15 is 0 Å². The summed E-state index contributed by atoms with van der Waals surface area (Å²) in [6.07, 6.45) is 4.23. The molecule has 0 aromatic heterocycles. The lowest BCUT2D eigenvalue weighted by atomic mass is 10.0. The Balaban J connectivity index is 2.48. The Hall–Kier alpha value is -1.33. The molecule has 0 heterocycles. The van der Waals surface area contributed by atoms with E-state index in [9.17, 15) is 0 Å². The first kappa shape index (κ1) is 15.7. The largest absolute Gasteiger partial charge is 0.307 e. The minimum atomic E-state index is 0.153. The molecule has 0 aliphatic rings. The molecule has 1 rings (SSSR count). The van der Waals surface area contributed by atoms with Crippen LogP contribution in [0.25, 0.3) is 0 Å². The number of benzene rings is 1. The Morgan fingerprint density at radius 2 is 1.79 bits per heavy atom. The molecule has 0 amide bonds. The van der Waals surface area contributed by atoms with Crippen LogP contribution in [0.5, 0.6) is 0 Å². The van der Waals surface area contributed by atoms with Crippen molar-refractivity contribution in [1.29, 1.82) is 5.26 Å². The molecule has 1 aromatic rings. The van der Waals surface area contributed by atoms with E-state index in [-0.39, 0.29) is 6.04 Å². The second-order valence-electron chi connectivity index (χ2n) is 5.72. The van der Waals surface area contributed by atoms with Crippen LogP contribution >= 0.6 is 0 Å². The van der Waals surface area contributed by atoms with Crippen molar-refractivity contribution in [2.75, 3.05) is 0 Å². The van der Waals surface area contributed by atoms with Gasteiger partial charge in [-0.1, -0.05) is 57.0 Å². The van der Waals surface area contributed by atoms with Crippen molar-refractivity contribution in [3.8, 4) is 6.07 Å². The number of hydrogen-bond acceptors (Lipinski definition) is 2. The molecule has 0 aliphatic heterocycles. The van der Waals surface area contributed by atoms with Gasteiger partial charge in [0.25, 0.3) is 0 Å². The maximum absolute atomic E-state index is 8.97. The third kappa shape index (κ3) is 6.40. The molecule has 2 heteroatoms. The molecule has 0 radical (unpaired) electrons. The van der Waals surface area contributed by atoms with E-state index in [1.54, 1.807) is 0 Å². The first-order valence-corrected chi connectivity index (χ1v) is 7.31. The van der Waals surface area contributed by atoms with Crippen molar-refractivity contribution < 1.29 is 0 Å². The SMILES string of the molecule is CC(C)CCCC(C)NC(CC#N)c1ccccc1. The topological polar surface area (TPSA) is 35.8 Å². The zero-order valence-corrected chi connectivity index (χ0v) is 12.4. The quantitative estimate of drug-likeness (QED) is 0.748. The van der Waals surface area contributed by atoms with Crippen LogP contribution in [0.15, 0.2) is 30.3 Å². The lowest BCUT2D eigenvalue weighted by Gasteiger charge is -2.22. The summed E-state index contributed by atoms with van der Waals surface area (Å²) in [5.74, 6) is 0.774. The van der Waals surface area contributed by atoms with Crippen molar-refractivity contribution in [3.05, 3.63) is 35.9 Å². The first-order chi connectivity index (χ1) is 9.13. The first-order valence-electron chi connectivity index (χ1n) is 7.31. The summed E-state index contributed by atoms with van der Waals surface area (Å²) in [6, 6.07) is 13.2. The molecular formula is C17H26N2. The van der Waals surface area contributed by atoms with Crippen LogP contribution in [0, 0.1) is 17.2 Å². The van der Waals surface area contributed by atoms with Crippen LogP contribution in [0.3, 0.4) is 0 Å². The predicted octanol–water partition coefficient (Wildman–Crippen LogP) is 4.45. The average Bonchev–Trinajstić information content (AvgIpc) is 2.39. The zero-order chi connectivity index (χ0) is 14.1. The fourth-order valence-electron chi connectivity index (χ4n) is 2.31. The van der Waals surface area contributed by atoms with Gasteiger partial charge in [-0.2, -0.15) is 5.26 Å². The van der Waals surface area contributed by atoms with Crippen LogP contribution in [0.2, 0.25) is 0 Å². The normalized spacial score (nSPS) is 14.1. The van der Waals surface area contributed by atoms with E-state index in [2.05, 4.69) is 44.3 Å². The molecule has 0 bridgehead atoms. The molecule has 2 atom stereocenters. The second kappa shape index (κ2) is 8.72. The van der Waals surface area contributed by atoms with E-state index in [0.29, 0.717) is 12.5 Å². The highest BCUT2D eigenvalue weighted by atomic mass is 14.9. The van der Waals surface area contributed by atoms with Gasteiger partial charge in [0.2, 0.25) is 0 Å². The van der Waals surface area contributed by atoms with Gasteiger partial charge >= 0.3 is 0 Å². The van der Waals surface area contributed by atoms with Gasteiger partial charge < -0.3 is 5.32 Å². The smallest absolute Gasteiger partial charge is 0.0641 e. The minimum absolute atomic E-state index is 0.153. The van der Waals surface area contributed by atoms with E-state index in [1.165, 1.54) is 24.8 Å². The van der Waals surface area contributed by atoms with Crippen molar-refractivity contribution >= 4 is 0 Å². The fourth-order valence-corrected chi connectivity index (χ4v) is 2.31. The number of rotatable bonds is 8. The highest BCUT2D eigenvalue weighted by Gasteiger charge is 2.13. The fraction of sp³-hybridized carbons (Fsp3) is 0.588. The van der Waals surface area contributed by atoms with Crippen molar-refractivity contribution in [2.45, 2.75) is 58.5 Å². The summed E-state index contributed by atoms with van der Waals surface area (Å²) in [7, 11) is 0. The number of nitriles is 1. The molecule has 104 valence electrons. The summed E-state index contributed by atoms with van der Waals surface area (Å²) in [5.41, 5.74) is 1.21. The monoisotopic (exact) mass is 258 g/mol. The van der Waals surface area contributed by atoms with Gasteiger partial charge in [-0.25, -0.2) is 0 Å². The Morgan fingerprint density at radius 3 is 2.37 bits per heavy atom. The Labute approximate surface area is 117 Å².